The highest BCUT2D eigenvalue weighted by Crippen LogP contribution is 2.45. The van der Waals surface area contributed by atoms with Crippen LogP contribution in [0.1, 0.15) is 35.7 Å². The number of nitrogens with one attached hydrogen (secondary N) is 1. The van der Waals surface area contributed by atoms with Crippen LogP contribution in [0.15, 0.2) is 36.8 Å². The van der Waals surface area contributed by atoms with Crippen molar-refractivity contribution in [2.45, 2.75) is 31.8 Å². The summed E-state index contributed by atoms with van der Waals surface area (Å²) in [5, 5.41) is 7.37. The standard InChI is InChI=1S/C27H32N8O4/c1-18(36)33-7-3-27(4-8-33)15-19-13-21(31-26(38)20-16-30-35-6-2-5-29-25(20)35)22(14-23(19)39-27)34-11-9-32(10-12-34)17-24(28)37/h2,5-6,13-14,16H,3-4,7-12,15,17H2,1H3,(H2,28,37)(H,31,38). The summed E-state index contributed by atoms with van der Waals surface area (Å²) < 4.78 is 8.16. The third-order valence-electron chi connectivity index (χ3n) is 8.00. The smallest absolute Gasteiger partial charge is 0.261 e. The lowest BCUT2D eigenvalue weighted by Crippen LogP contribution is -2.49. The van der Waals surface area contributed by atoms with Crippen LogP contribution in [-0.2, 0) is 16.0 Å². The third kappa shape index (κ3) is 4.87. The largest absolute Gasteiger partial charge is 0.486 e. The van der Waals surface area contributed by atoms with Crippen LogP contribution in [0.25, 0.3) is 5.65 Å². The Bertz CT molecular complexity index is 1440. The van der Waals surface area contributed by atoms with Gasteiger partial charge in [0.1, 0.15) is 16.9 Å². The first-order chi connectivity index (χ1) is 18.8. The number of carbonyl (C=O) groups is 3. The second kappa shape index (κ2) is 9.84. The second-order valence-electron chi connectivity index (χ2n) is 10.6. The first-order valence-corrected chi connectivity index (χ1v) is 13.3. The van der Waals surface area contributed by atoms with Gasteiger partial charge in [0.05, 0.1) is 24.1 Å². The Morgan fingerprint density at radius 1 is 1.10 bits per heavy atom. The molecule has 0 saturated carbocycles. The molecule has 12 nitrogen and oxygen atoms in total. The third-order valence-corrected chi connectivity index (χ3v) is 8.00. The molecule has 0 bridgehead atoms. The summed E-state index contributed by atoms with van der Waals surface area (Å²) in [5.41, 5.74) is 8.52. The maximum atomic E-state index is 13.4. The van der Waals surface area contributed by atoms with Gasteiger partial charge in [0.25, 0.3) is 5.91 Å². The van der Waals surface area contributed by atoms with E-state index in [1.807, 2.05) is 21.9 Å². The van der Waals surface area contributed by atoms with Gasteiger partial charge in [-0.25, -0.2) is 9.50 Å². The number of fused-ring (bicyclic) bond motifs is 2. The van der Waals surface area contributed by atoms with Crippen LogP contribution >= 0.6 is 0 Å². The number of ether oxygens (including phenoxy) is 1. The number of nitrogens with zero attached hydrogens (tertiary/aromatic N) is 6. The minimum atomic E-state index is -0.346. The minimum absolute atomic E-state index is 0.0882. The lowest BCUT2D eigenvalue weighted by Gasteiger charge is -2.38. The normalized spacial score (nSPS) is 18.7. The minimum Gasteiger partial charge on any atom is -0.486 e. The number of rotatable bonds is 5. The van der Waals surface area contributed by atoms with Crippen molar-refractivity contribution in [3.05, 3.63) is 47.9 Å². The van der Waals surface area contributed by atoms with Gasteiger partial charge in [0.2, 0.25) is 11.8 Å². The number of primary amides is 1. The Morgan fingerprint density at radius 3 is 2.59 bits per heavy atom. The van der Waals surface area contributed by atoms with Gasteiger partial charge in [0.15, 0.2) is 5.65 Å². The number of carbonyl (C=O) groups excluding carboxylic acids is 3. The summed E-state index contributed by atoms with van der Waals surface area (Å²) in [6, 6.07) is 5.80. The van der Waals surface area contributed by atoms with Gasteiger partial charge in [-0.15, -0.1) is 0 Å². The van der Waals surface area contributed by atoms with E-state index in [4.69, 9.17) is 10.5 Å². The average molecular weight is 533 g/mol. The van der Waals surface area contributed by atoms with Gasteiger partial charge in [-0.3, -0.25) is 19.3 Å². The molecule has 1 spiro atoms. The highest BCUT2D eigenvalue weighted by molar-refractivity contribution is 6.09. The van der Waals surface area contributed by atoms with Crippen molar-refractivity contribution in [2.75, 3.05) is 56.0 Å². The fraction of sp³-hybridized carbons (Fsp3) is 0.444. The van der Waals surface area contributed by atoms with Crippen LogP contribution in [0, 0.1) is 0 Å². The molecule has 2 fully saturated rings. The van der Waals surface area contributed by atoms with Crippen molar-refractivity contribution in [1.82, 2.24) is 24.4 Å². The number of anilines is 2. The summed E-state index contributed by atoms with van der Waals surface area (Å²) in [6.45, 7) is 5.87. The number of benzene rings is 1. The number of piperidine rings is 1. The SMILES string of the molecule is CC(=O)N1CCC2(CC1)Cc1cc(NC(=O)c3cnn4cccnc34)c(N3CCN(CC(N)=O)CC3)cc1O2. The number of nitrogens with two attached hydrogens (primary N) is 1. The molecule has 3 aliphatic heterocycles. The van der Waals surface area contributed by atoms with E-state index in [-0.39, 0.29) is 29.9 Å². The fourth-order valence-electron chi connectivity index (χ4n) is 5.88. The van der Waals surface area contributed by atoms with E-state index in [0.717, 1.165) is 36.3 Å². The van der Waals surface area contributed by atoms with E-state index in [2.05, 4.69) is 20.3 Å². The lowest BCUT2D eigenvalue weighted by atomic mass is 9.87. The Kier molecular flexibility index (Phi) is 6.34. The van der Waals surface area contributed by atoms with E-state index in [0.29, 0.717) is 56.2 Å². The quantitative estimate of drug-likeness (QED) is 0.495. The Morgan fingerprint density at radius 2 is 1.87 bits per heavy atom. The number of hydrogen-bond donors (Lipinski definition) is 2. The zero-order valence-electron chi connectivity index (χ0n) is 21.9. The predicted octanol–water partition coefficient (Wildman–Crippen LogP) is 0.905. The topological polar surface area (TPSA) is 138 Å². The van der Waals surface area contributed by atoms with Crippen LogP contribution in [0.4, 0.5) is 11.4 Å². The molecule has 2 aromatic heterocycles. The molecule has 0 aliphatic carbocycles. The van der Waals surface area contributed by atoms with E-state index in [1.165, 1.54) is 6.20 Å². The van der Waals surface area contributed by atoms with Crippen LogP contribution in [0.3, 0.4) is 0 Å². The van der Waals surface area contributed by atoms with Gasteiger partial charge in [-0.2, -0.15) is 5.10 Å². The summed E-state index contributed by atoms with van der Waals surface area (Å²) >= 11 is 0. The monoisotopic (exact) mass is 532 g/mol. The molecular weight excluding hydrogens is 500 g/mol. The van der Waals surface area contributed by atoms with Crippen molar-refractivity contribution in [2.24, 2.45) is 5.73 Å². The van der Waals surface area contributed by atoms with Crippen molar-refractivity contribution in [1.29, 1.82) is 0 Å². The first-order valence-electron chi connectivity index (χ1n) is 13.3. The van der Waals surface area contributed by atoms with Crippen LogP contribution in [-0.4, -0.2) is 93.5 Å². The Balaban J connectivity index is 1.28. The van der Waals surface area contributed by atoms with E-state index < -0.39 is 0 Å². The van der Waals surface area contributed by atoms with Crippen molar-refractivity contribution in [3.8, 4) is 5.75 Å². The maximum Gasteiger partial charge on any atom is 0.261 e. The second-order valence-corrected chi connectivity index (χ2v) is 10.6. The molecule has 12 heteroatoms. The van der Waals surface area contributed by atoms with Gasteiger partial charge >= 0.3 is 0 Å². The van der Waals surface area contributed by atoms with Gasteiger partial charge in [0, 0.05) is 89.5 Å². The molecule has 3 N–H and O–H groups in total. The van der Waals surface area contributed by atoms with Crippen molar-refractivity contribution < 1.29 is 19.1 Å². The summed E-state index contributed by atoms with van der Waals surface area (Å²) in [7, 11) is 0. The first kappa shape index (κ1) is 25.1. The summed E-state index contributed by atoms with van der Waals surface area (Å²) in [4.78, 5) is 47.1. The molecule has 3 aliphatic rings. The van der Waals surface area contributed by atoms with Gasteiger partial charge in [-0.05, 0) is 12.1 Å². The van der Waals surface area contributed by atoms with Crippen molar-refractivity contribution in [3.63, 3.8) is 0 Å². The van der Waals surface area contributed by atoms with E-state index >= 15 is 0 Å². The zero-order valence-corrected chi connectivity index (χ0v) is 21.9. The van der Waals surface area contributed by atoms with E-state index in [9.17, 15) is 14.4 Å². The van der Waals surface area contributed by atoms with Crippen LogP contribution in [0.5, 0.6) is 5.75 Å². The summed E-state index contributed by atoms with van der Waals surface area (Å²) in [5.74, 6) is 0.271. The van der Waals surface area contributed by atoms with Gasteiger partial charge in [-0.1, -0.05) is 0 Å². The Labute approximate surface area is 225 Å². The Hall–Kier alpha value is -4.19. The molecule has 2 saturated heterocycles. The maximum absolute atomic E-state index is 13.4. The van der Waals surface area contributed by atoms with E-state index in [1.54, 1.807) is 29.9 Å². The summed E-state index contributed by atoms with van der Waals surface area (Å²) in [6.07, 6.45) is 7.15. The highest BCUT2D eigenvalue weighted by Gasteiger charge is 2.43. The molecule has 0 atom stereocenters. The molecule has 6 rings (SSSR count). The number of likely N-dealkylation sites (tertiary alicyclic amines) is 1. The molecule has 1 aromatic carbocycles. The predicted molar refractivity (Wildman–Crippen MR) is 144 cm³/mol. The lowest BCUT2D eigenvalue weighted by molar-refractivity contribution is -0.132. The average Bonchev–Trinajstić information content (AvgIpc) is 3.49. The molecule has 5 heterocycles. The molecule has 39 heavy (non-hydrogen) atoms. The fourth-order valence-corrected chi connectivity index (χ4v) is 5.88. The molecule has 0 radical (unpaired) electrons. The van der Waals surface area contributed by atoms with Crippen LogP contribution < -0.4 is 20.7 Å². The van der Waals surface area contributed by atoms with Crippen LogP contribution in [0.2, 0.25) is 0 Å². The molecule has 3 aromatic rings. The van der Waals surface area contributed by atoms with Gasteiger partial charge < -0.3 is 25.6 Å². The zero-order chi connectivity index (χ0) is 27.1. The van der Waals surface area contributed by atoms with Crippen molar-refractivity contribution >= 4 is 34.7 Å². The number of amides is 3. The molecule has 3 amide bonds. The molecule has 0 unspecified atom stereocenters. The highest BCUT2D eigenvalue weighted by atomic mass is 16.5. The molecular formula is C27H32N8O4. The molecule has 204 valence electrons. The number of piperazine rings is 1. The number of aromatic nitrogens is 3. The number of hydrogen-bond acceptors (Lipinski definition) is 8.